The lowest BCUT2D eigenvalue weighted by Crippen LogP contribution is -2.10. The van der Waals surface area contributed by atoms with Crippen molar-refractivity contribution in [2.75, 3.05) is 5.32 Å². The third-order valence-electron chi connectivity index (χ3n) is 2.95. The van der Waals surface area contributed by atoms with Gasteiger partial charge in [-0.2, -0.15) is 0 Å². The number of hydrogen-bond donors (Lipinski definition) is 1. The number of amides is 1. The van der Waals surface area contributed by atoms with Gasteiger partial charge in [-0.1, -0.05) is 41.2 Å². The van der Waals surface area contributed by atoms with Gasteiger partial charge in [0.05, 0.1) is 11.8 Å². The molecule has 1 N–H and O–H groups in total. The summed E-state index contributed by atoms with van der Waals surface area (Å²) >= 11 is 1.37. The van der Waals surface area contributed by atoms with Gasteiger partial charge in [0.1, 0.15) is 11.3 Å². The van der Waals surface area contributed by atoms with Crippen molar-refractivity contribution in [3.63, 3.8) is 0 Å². The number of furan rings is 1. The molecule has 21 heavy (non-hydrogen) atoms. The summed E-state index contributed by atoms with van der Waals surface area (Å²) in [5, 5.41) is 12.1. The van der Waals surface area contributed by atoms with Crippen LogP contribution in [0.5, 0.6) is 0 Å². The molecule has 3 rings (SSSR count). The maximum atomic E-state index is 11.8. The van der Waals surface area contributed by atoms with E-state index in [4.69, 9.17) is 4.42 Å². The van der Waals surface area contributed by atoms with E-state index in [1.807, 2.05) is 0 Å². The first-order valence-electron chi connectivity index (χ1n) is 6.42. The fourth-order valence-electron chi connectivity index (χ4n) is 1.82. The number of anilines is 1. The average molecular weight is 299 g/mol. The van der Waals surface area contributed by atoms with Crippen LogP contribution in [0.15, 0.2) is 47.3 Å². The van der Waals surface area contributed by atoms with Crippen LogP contribution in [0.1, 0.15) is 26.5 Å². The molecule has 0 unspecified atom stereocenters. The first kappa shape index (κ1) is 13.5. The number of aromatic nitrogens is 2. The van der Waals surface area contributed by atoms with E-state index in [0.29, 0.717) is 17.1 Å². The monoisotopic (exact) mass is 299 g/mol. The van der Waals surface area contributed by atoms with E-state index < -0.39 is 0 Å². The third-order valence-corrected chi connectivity index (χ3v) is 3.79. The molecule has 0 spiro atoms. The van der Waals surface area contributed by atoms with Crippen molar-refractivity contribution in [3.8, 4) is 0 Å². The van der Waals surface area contributed by atoms with E-state index in [0.717, 1.165) is 5.01 Å². The van der Waals surface area contributed by atoms with Gasteiger partial charge in [0.2, 0.25) is 5.13 Å². The smallest absolute Gasteiger partial charge is 0.260 e. The van der Waals surface area contributed by atoms with E-state index in [1.54, 1.807) is 6.07 Å². The topological polar surface area (TPSA) is 68.0 Å². The van der Waals surface area contributed by atoms with Crippen molar-refractivity contribution in [1.29, 1.82) is 0 Å². The van der Waals surface area contributed by atoms with Gasteiger partial charge in [-0.3, -0.25) is 10.1 Å². The van der Waals surface area contributed by atoms with Gasteiger partial charge >= 0.3 is 0 Å². The molecule has 0 saturated heterocycles. The summed E-state index contributed by atoms with van der Waals surface area (Å²) in [5.74, 6) is -0.248. The molecule has 5 nitrogen and oxygen atoms in total. The van der Waals surface area contributed by atoms with Crippen molar-refractivity contribution in [1.82, 2.24) is 10.2 Å². The number of nitrogens with one attached hydrogen (secondary N) is 1. The van der Waals surface area contributed by atoms with Crippen molar-refractivity contribution < 1.29 is 9.21 Å². The highest BCUT2D eigenvalue weighted by atomic mass is 32.1. The summed E-state index contributed by atoms with van der Waals surface area (Å²) in [6.07, 6.45) is 3.56. The number of benzene rings is 1. The summed E-state index contributed by atoms with van der Waals surface area (Å²) in [6.45, 7) is 2.05. The predicted molar refractivity (Wildman–Crippen MR) is 80.6 cm³/mol. The van der Waals surface area contributed by atoms with Crippen LogP contribution in [0.3, 0.4) is 0 Å². The number of aryl methyl sites for hydroxylation is 1. The van der Waals surface area contributed by atoms with Crippen LogP contribution in [0.25, 0.3) is 0 Å². The molecule has 0 saturated carbocycles. The molecule has 2 heterocycles. The minimum Gasteiger partial charge on any atom is -0.472 e. The van der Waals surface area contributed by atoms with E-state index in [1.165, 1.54) is 35.0 Å². The Morgan fingerprint density at radius 3 is 2.76 bits per heavy atom. The normalized spacial score (nSPS) is 10.5. The molecular formula is C15H13N3O2S. The van der Waals surface area contributed by atoms with Gasteiger partial charge in [-0.05, 0) is 18.6 Å². The molecule has 106 valence electrons. The van der Waals surface area contributed by atoms with Gasteiger partial charge in [-0.25, -0.2) is 0 Å². The lowest BCUT2D eigenvalue weighted by molar-refractivity contribution is 0.102. The highest BCUT2D eigenvalue weighted by Crippen LogP contribution is 2.19. The molecule has 0 aliphatic heterocycles. The third kappa shape index (κ3) is 3.35. The number of rotatable bonds is 4. The molecule has 3 aromatic rings. The van der Waals surface area contributed by atoms with Crippen molar-refractivity contribution in [2.45, 2.75) is 13.3 Å². The molecule has 0 radical (unpaired) electrons. The fourth-order valence-corrected chi connectivity index (χ4v) is 2.59. The van der Waals surface area contributed by atoms with Crippen LogP contribution in [-0.4, -0.2) is 16.1 Å². The van der Waals surface area contributed by atoms with Gasteiger partial charge in [0.25, 0.3) is 5.91 Å². The number of carbonyl (C=O) groups excluding carboxylic acids is 1. The lowest BCUT2D eigenvalue weighted by Gasteiger charge is -1.98. The van der Waals surface area contributed by atoms with Crippen LogP contribution in [0.2, 0.25) is 0 Å². The molecule has 0 atom stereocenters. The van der Waals surface area contributed by atoms with Crippen LogP contribution in [0.4, 0.5) is 5.13 Å². The second kappa shape index (κ2) is 5.88. The van der Waals surface area contributed by atoms with Gasteiger partial charge in [-0.15, -0.1) is 10.2 Å². The van der Waals surface area contributed by atoms with Gasteiger partial charge in [0, 0.05) is 6.42 Å². The SMILES string of the molecule is Cc1ccc(Cc2nnc(NC(=O)c3ccoc3)s2)cc1. The first-order chi connectivity index (χ1) is 10.2. The quantitative estimate of drug-likeness (QED) is 0.802. The standard InChI is InChI=1S/C15H13N3O2S/c1-10-2-4-11(5-3-10)8-13-17-18-15(21-13)16-14(19)12-6-7-20-9-12/h2-7,9H,8H2,1H3,(H,16,18,19). The Bertz CT molecular complexity index is 733. The molecule has 6 heteroatoms. The van der Waals surface area contributed by atoms with Crippen LogP contribution >= 0.6 is 11.3 Å². The largest absolute Gasteiger partial charge is 0.472 e. The summed E-state index contributed by atoms with van der Waals surface area (Å²) in [5.41, 5.74) is 2.86. The maximum Gasteiger partial charge on any atom is 0.260 e. The van der Waals surface area contributed by atoms with Crippen LogP contribution in [0, 0.1) is 6.92 Å². The molecule has 0 fully saturated rings. The lowest BCUT2D eigenvalue weighted by atomic mass is 10.1. The van der Waals surface area contributed by atoms with Crippen LogP contribution < -0.4 is 5.32 Å². The van der Waals surface area contributed by atoms with Gasteiger partial charge in [0.15, 0.2) is 0 Å². The second-order valence-corrected chi connectivity index (χ2v) is 5.69. The minimum absolute atomic E-state index is 0.248. The summed E-state index contributed by atoms with van der Waals surface area (Å²) in [6, 6.07) is 9.88. The number of hydrogen-bond acceptors (Lipinski definition) is 5. The van der Waals surface area contributed by atoms with E-state index in [-0.39, 0.29) is 5.91 Å². The number of nitrogens with zero attached hydrogens (tertiary/aromatic N) is 2. The molecule has 0 bridgehead atoms. The average Bonchev–Trinajstić information content (AvgIpc) is 3.13. The summed E-state index contributed by atoms with van der Waals surface area (Å²) in [7, 11) is 0. The predicted octanol–water partition coefficient (Wildman–Crippen LogP) is 3.28. The van der Waals surface area contributed by atoms with Crippen molar-refractivity contribution in [2.24, 2.45) is 0 Å². The zero-order valence-electron chi connectivity index (χ0n) is 11.4. The van der Waals surface area contributed by atoms with Crippen molar-refractivity contribution >= 4 is 22.4 Å². The summed E-state index contributed by atoms with van der Waals surface area (Å²) in [4.78, 5) is 11.8. The fraction of sp³-hybridized carbons (Fsp3) is 0.133. The molecule has 2 aromatic heterocycles. The Labute approximate surface area is 125 Å². The molecular weight excluding hydrogens is 286 g/mol. The highest BCUT2D eigenvalue weighted by molar-refractivity contribution is 7.15. The van der Waals surface area contributed by atoms with Gasteiger partial charge < -0.3 is 4.42 Å². The Balaban J connectivity index is 1.66. The van der Waals surface area contributed by atoms with E-state index >= 15 is 0 Å². The highest BCUT2D eigenvalue weighted by Gasteiger charge is 2.11. The number of carbonyl (C=O) groups is 1. The van der Waals surface area contributed by atoms with E-state index in [2.05, 4.69) is 46.7 Å². The Morgan fingerprint density at radius 2 is 2.05 bits per heavy atom. The Morgan fingerprint density at radius 1 is 1.24 bits per heavy atom. The molecule has 1 aromatic carbocycles. The Kier molecular flexibility index (Phi) is 3.79. The zero-order chi connectivity index (χ0) is 14.7. The molecule has 0 aliphatic carbocycles. The van der Waals surface area contributed by atoms with Crippen LogP contribution in [-0.2, 0) is 6.42 Å². The zero-order valence-corrected chi connectivity index (χ0v) is 12.2. The molecule has 0 aliphatic rings. The summed E-state index contributed by atoms with van der Waals surface area (Å²) < 4.78 is 4.87. The Hall–Kier alpha value is -2.47. The van der Waals surface area contributed by atoms with Crippen molar-refractivity contribution in [3.05, 3.63) is 64.6 Å². The first-order valence-corrected chi connectivity index (χ1v) is 7.24. The minimum atomic E-state index is -0.248. The molecule has 1 amide bonds. The maximum absolute atomic E-state index is 11.8. The van der Waals surface area contributed by atoms with E-state index in [9.17, 15) is 4.79 Å². The second-order valence-electron chi connectivity index (χ2n) is 4.63.